The van der Waals surface area contributed by atoms with Crippen LogP contribution in [0.25, 0.3) is 99.2 Å². The Kier molecular flexibility index (Phi) is 5.51. The summed E-state index contributed by atoms with van der Waals surface area (Å²) >= 11 is 0. The highest BCUT2D eigenvalue weighted by atomic mass is 16.3. The number of pyridine rings is 1. The predicted octanol–water partition coefficient (Wildman–Crippen LogP) is 10.8. The molecular weight excluding hydrogens is 576 g/mol. The van der Waals surface area contributed by atoms with Crippen LogP contribution in [0.5, 0.6) is 0 Å². The fraction of sp³-hybridized carbons (Fsp3) is 0. The maximum Gasteiger partial charge on any atom is 0.164 e. The van der Waals surface area contributed by atoms with Gasteiger partial charge in [-0.2, -0.15) is 0 Å². The Morgan fingerprint density at radius 3 is 1.98 bits per heavy atom. The average molecular weight is 601 g/mol. The van der Waals surface area contributed by atoms with Crippen LogP contribution in [-0.2, 0) is 0 Å². The van der Waals surface area contributed by atoms with Crippen molar-refractivity contribution in [3.8, 4) is 34.2 Å². The first kappa shape index (κ1) is 25.8. The summed E-state index contributed by atoms with van der Waals surface area (Å²) in [6.45, 7) is 0. The number of nitrogens with zero attached hydrogens (tertiary/aromatic N) is 4. The lowest BCUT2D eigenvalue weighted by atomic mass is 9.92. The summed E-state index contributed by atoms with van der Waals surface area (Å²) in [7, 11) is 0. The van der Waals surface area contributed by atoms with E-state index in [1.165, 1.54) is 26.9 Å². The molecule has 0 N–H and O–H groups in total. The second-order valence-corrected chi connectivity index (χ2v) is 11.9. The molecular formula is C42H24N4O. The van der Waals surface area contributed by atoms with Crippen LogP contribution in [0.1, 0.15) is 0 Å². The van der Waals surface area contributed by atoms with Crippen LogP contribution in [0.2, 0.25) is 0 Å². The Hall–Kier alpha value is -6.46. The molecule has 0 radical (unpaired) electrons. The van der Waals surface area contributed by atoms with Crippen molar-refractivity contribution < 1.29 is 4.42 Å². The van der Waals surface area contributed by atoms with E-state index >= 15 is 0 Å². The SMILES string of the molecule is c1ccc2cc(-c3nc(-c4cc5ccccc5c5c4ccc4ccccc45)nc(-c4cccc5oc6ccncc6c45)n3)ccc2c1. The van der Waals surface area contributed by atoms with E-state index in [0.29, 0.717) is 17.5 Å². The van der Waals surface area contributed by atoms with Gasteiger partial charge in [0.05, 0.1) is 0 Å². The van der Waals surface area contributed by atoms with Crippen molar-refractivity contribution in [1.82, 2.24) is 19.9 Å². The molecule has 0 amide bonds. The number of aromatic nitrogens is 4. The van der Waals surface area contributed by atoms with Crippen LogP contribution in [0.15, 0.2) is 150 Å². The second-order valence-electron chi connectivity index (χ2n) is 11.9. The van der Waals surface area contributed by atoms with Crippen LogP contribution in [0, 0.1) is 0 Å². The predicted molar refractivity (Wildman–Crippen MR) is 191 cm³/mol. The lowest BCUT2D eigenvalue weighted by Crippen LogP contribution is -2.01. The van der Waals surface area contributed by atoms with Crippen LogP contribution < -0.4 is 0 Å². The molecule has 0 aliphatic heterocycles. The largest absolute Gasteiger partial charge is 0.456 e. The first-order valence-corrected chi connectivity index (χ1v) is 15.6. The maximum absolute atomic E-state index is 6.23. The van der Waals surface area contributed by atoms with Gasteiger partial charge in [0.25, 0.3) is 0 Å². The highest BCUT2D eigenvalue weighted by Crippen LogP contribution is 2.40. The summed E-state index contributed by atoms with van der Waals surface area (Å²) < 4.78 is 6.23. The van der Waals surface area contributed by atoms with Crippen molar-refractivity contribution in [3.63, 3.8) is 0 Å². The molecule has 3 heterocycles. The lowest BCUT2D eigenvalue weighted by molar-refractivity contribution is 0.668. The zero-order valence-corrected chi connectivity index (χ0v) is 25.1. The summed E-state index contributed by atoms with van der Waals surface area (Å²) in [4.78, 5) is 20.0. The van der Waals surface area contributed by atoms with E-state index in [1.54, 1.807) is 6.20 Å². The summed E-state index contributed by atoms with van der Waals surface area (Å²) in [5.41, 5.74) is 4.30. The van der Waals surface area contributed by atoms with Gasteiger partial charge in [-0.25, -0.2) is 15.0 Å². The zero-order valence-electron chi connectivity index (χ0n) is 25.1. The van der Waals surface area contributed by atoms with Crippen LogP contribution >= 0.6 is 0 Å². The zero-order chi connectivity index (χ0) is 30.9. The molecule has 0 saturated carbocycles. The molecule has 10 aromatic rings. The third-order valence-electron chi connectivity index (χ3n) is 9.17. The van der Waals surface area contributed by atoms with Crippen molar-refractivity contribution in [1.29, 1.82) is 0 Å². The highest BCUT2D eigenvalue weighted by Gasteiger charge is 2.20. The van der Waals surface area contributed by atoms with E-state index in [2.05, 4.69) is 120 Å². The van der Waals surface area contributed by atoms with Gasteiger partial charge in [-0.1, -0.05) is 109 Å². The van der Waals surface area contributed by atoms with Gasteiger partial charge in [-0.15, -0.1) is 0 Å². The van der Waals surface area contributed by atoms with Gasteiger partial charge in [-0.3, -0.25) is 4.98 Å². The molecule has 5 nitrogen and oxygen atoms in total. The van der Waals surface area contributed by atoms with Crippen LogP contribution in [0.3, 0.4) is 0 Å². The fourth-order valence-electron chi connectivity index (χ4n) is 6.99. The molecule has 0 spiro atoms. The van der Waals surface area contributed by atoms with E-state index in [9.17, 15) is 0 Å². The summed E-state index contributed by atoms with van der Waals surface area (Å²) in [6, 6.07) is 46.4. The van der Waals surface area contributed by atoms with Gasteiger partial charge in [0.1, 0.15) is 11.2 Å². The average Bonchev–Trinajstić information content (AvgIpc) is 3.53. The number of hydrogen-bond acceptors (Lipinski definition) is 5. The number of rotatable bonds is 3. The van der Waals surface area contributed by atoms with Gasteiger partial charge in [0.15, 0.2) is 17.5 Å². The van der Waals surface area contributed by atoms with Crippen molar-refractivity contribution >= 4 is 65.0 Å². The maximum atomic E-state index is 6.23. The van der Waals surface area contributed by atoms with E-state index in [-0.39, 0.29) is 0 Å². The molecule has 0 fully saturated rings. The van der Waals surface area contributed by atoms with Gasteiger partial charge in [0, 0.05) is 39.9 Å². The molecule has 7 aromatic carbocycles. The fourth-order valence-corrected chi connectivity index (χ4v) is 6.99. The Morgan fingerprint density at radius 2 is 1.11 bits per heavy atom. The summed E-state index contributed by atoms with van der Waals surface area (Å²) in [5.74, 6) is 1.81. The molecule has 218 valence electrons. The standard InChI is InChI=1S/C42H24N4O/c1-2-10-27-22-29(17-16-25(27)8-1)40-44-41(33-14-7-15-37-39(33)35-24-43-21-20-36(35)47-37)46-42(45-40)34-23-28-11-4-6-13-31(28)38-30-12-5-3-9-26(30)18-19-32(34)38/h1-24H. The Bertz CT molecular complexity index is 2860. The van der Waals surface area contributed by atoms with E-state index in [0.717, 1.165) is 54.8 Å². The molecule has 10 rings (SSSR count). The summed E-state index contributed by atoms with van der Waals surface area (Å²) in [6.07, 6.45) is 3.59. The normalized spacial score (nSPS) is 11.8. The first-order valence-electron chi connectivity index (χ1n) is 15.6. The monoisotopic (exact) mass is 600 g/mol. The van der Waals surface area contributed by atoms with Crippen LogP contribution in [0.4, 0.5) is 0 Å². The van der Waals surface area contributed by atoms with Gasteiger partial charge in [0.2, 0.25) is 0 Å². The lowest BCUT2D eigenvalue weighted by Gasteiger charge is -2.14. The summed E-state index contributed by atoms with van der Waals surface area (Å²) in [5, 5.41) is 11.2. The number of furan rings is 1. The van der Waals surface area contributed by atoms with Gasteiger partial charge < -0.3 is 4.42 Å². The van der Waals surface area contributed by atoms with Crippen molar-refractivity contribution in [2.75, 3.05) is 0 Å². The van der Waals surface area contributed by atoms with E-state index in [1.807, 2.05) is 24.4 Å². The minimum Gasteiger partial charge on any atom is -0.456 e. The molecule has 0 unspecified atom stereocenters. The van der Waals surface area contributed by atoms with Crippen molar-refractivity contribution in [2.45, 2.75) is 0 Å². The minimum atomic E-state index is 0.581. The molecule has 47 heavy (non-hydrogen) atoms. The van der Waals surface area contributed by atoms with Crippen molar-refractivity contribution in [2.24, 2.45) is 0 Å². The Morgan fingerprint density at radius 1 is 0.404 bits per heavy atom. The molecule has 0 aliphatic carbocycles. The highest BCUT2D eigenvalue weighted by molar-refractivity contribution is 6.23. The third kappa shape index (κ3) is 4.03. The molecule has 5 heteroatoms. The quantitative estimate of drug-likeness (QED) is 0.189. The van der Waals surface area contributed by atoms with Gasteiger partial charge in [-0.05, 0) is 67.4 Å². The van der Waals surface area contributed by atoms with Gasteiger partial charge >= 0.3 is 0 Å². The van der Waals surface area contributed by atoms with E-state index in [4.69, 9.17) is 19.4 Å². The molecule has 0 saturated heterocycles. The number of hydrogen-bond donors (Lipinski definition) is 0. The van der Waals surface area contributed by atoms with E-state index < -0.39 is 0 Å². The van der Waals surface area contributed by atoms with Crippen LogP contribution in [-0.4, -0.2) is 19.9 Å². The number of benzene rings is 7. The Balaban J connectivity index is 1.31. The molecule has 0 bridgehead atoms. The molecule has 3 aromatic heterocycles. The molecule has 0 aliphatic rings. The minimum absolute atomic E-state index is 0.581. The first-order chi connectivity index (χ1) is 23.3. The van der Waals surface area contributed by atoms with Crippen molar-refractivity contribution in [3.05, 3.63) is 146 Å². The Labute approximate surface area is 268 Å². The topological polar surface area (TPSA) is 64.7 Å². The second kappa shape index (κ2) is 10.0. The number of fused-ring (bicyclic) bond motifs is 9. The molecule has 0 atom stereocenters. The smallest absolute Gasteiger partial charge is 0.164 e. The third-order valence-corrected chi connectivity index (χ3v) is 9.17.